The molecule has 3 N–H and O–H groups in total. The number of hydrogen-bond acceptors (Lipinski definition) is 3. The fourth-order valence-corrected chi connectivity index (χ4v) is 1.49. The summed E-state index contributed by atoms with van der Waals surface area (Å²) in [4.78, 5) is 14.6. The maximum atomic E-state index is 10.3. The zero-order chi connectivity index (χ0) is 12.1. The molecule has 5 nitrogen and oxygen atoms in total. The Morgan fingerprint density at radius 3 is 2.50 bits per heavy atom. The second-order valence-corrected chi connectivity index (χ2v) is 3.87. The lowest BCUT2D eigenvalue weighted by molar-refractivity contribution is 0.194. The minimum absolute atomic E-state index is 0.0392. The van der Waals surface area contributed by atoms with Gasteiger partial charge in [0.2, 0.25) is 0 Å². The van der Waals surface area contributed by atoms with Crippen molar-refractivity contribution in [1.82, 2.24) is 10.3 Å². The highest BCUT2D eigenvalue weighted by Crippen LogP contribution is 2.11. The Morgan fingerprint density at radius 1 is 1.44 bits per heavy atom. The van der Waals surface area contributed by atoms with E-state index < -0.39 is 6.09 Å². The summed E-state index contributed by atoms with van der Waals surface area (Å²) in [5.74, 6) is 0. The lowest BCUT2D eigenvalue weighted by atomic mass is 10.2. The number of rotatable bonds is 4. The van der Waals surface area contributed by atoms with Crippen molar-refractivity contribution in [2.24, 2.45) is 0 Å². The van der Waals surface area contributed by atoms with Crippen LogP contribution in [0.3, 0.4) is 0 Å². The number of hydrogen-bond donors (Lipinski definition) is 3. The molecule has 16 heavy (non-hydrogen) atoms. The molecular weight excluding hydrogens is 206 g/mol. The Morgan fingerprint density at radius 2 is 2.00 bits per heavy atom. The summed E-state index contributed by atoms with van der Waals surface area (Å²) in [5.41, 5.74) is 2.85. The van der Waals surface area contributed by atoms with Gasteiger partial charge in [-0.1, -0.05) is 0 Å². The second kappa shape index (κ2) is 5.34. The first-order chi connectivity index (χ1) is 7.47. The van der Waals surface area contributed by atoms with Crippen molar-refractivity contribution in [2.45, 2.75) is 26.8 Å². The highest BCUT2D eigenvalue weighted by Gasteiger charge is 2.04. The van der Waals surface area contributed by atoms with E-state index in [0.29, 0.717) is 6.54 Å². The normalized spacial score (nSPS) is 11.9. The minimum atomic E-state index is -1.00. The molecule has 0 spiro atoms. The van der Waals surface area contributed by atoms with Gasteiger partial charge in [0.05, 0.1) is 0 Å². The van der Waals surface area contributed by atoms with Gasteiger partial charge in [0, 0.05) is 29.7 Å². The third kappa shape index (κ3) is 4.16. The van der Waals surface area contributed by atoms with Crippen LogP contribution in [0.25, 0.3) is 0 Å². The Hall–Kier alpha value is -1.78. The van der Waals surface area contributed by atoms with Crippen LogP contribution in [0.2, 0.25) is 0 Å². The monoisotopic (exact) mass is 223 g/mol. The molecule has 1 aromatic rings. The van der Waals surface area contributed by atoms with Crippen molar-refractivity contribution in [3.05, 3.63) is 23.5 Å². The zero-order valence-electron chi connectivity index (χ0n) is 9.74. The summed E-state index contributed by atoms with van der Waals surface area (Å²) in [7, 11) is 0. The van der Waals surface area contributed by atoms with Crippen molar-refractivity contribution in [1.29, 1.82) is 0 Å². The molecule has 88 valence electrons. The molecule has 1 rings (SSSR count). The average Bonchev–Trinajstić information content (AvgIpc) is 2.12. The van der Waals surface area contributed by atoms with Crippen LogP contribution in [0, 0.1) is 13.8 Å². The smallest absolute Gasteiger partial charge is 0.404 e. The summed E-state index contributed by atoms with van der Waals surface area (Å²) < 4.78 is 0. The molecule has 0 saturated carbocycles. The summed E-state index contributed by atoms with van der Waals surface area (Å²) in [6.45, 7) is 6.15. The van der Waals surface area contributed by atoms with Gasteiger partial charge in [0.1, 0.15) is 0 Å². The van der Waals surface area contributed by atoms with Gasteiger partial charge < -0.3 is 15.7 Å². The fourth-order valence-electron chi connectivity index (χ4n) is 1.49. The third-order valence-corrected chi connectivity index (χ3v) is 2.05. The number of anilines is 1. The van der Waals surface area contributed by atoms with Gasteiger partial charge in [0.25, 0.3) is 0 Å². The van der Waals surface area contributed by atoms with Crippen LogP contribution in [0.1, 0.15) is 18.3 Å². The van der Waals surface area contributed by atoms with Gasteiger partial charge in [-0.25, -0.2) is 4.79 Å². The van der Waals surface area contributed by atoms with Crippen molar-refractivity contribution in [3.8, 4) is 0 Å². The van der Waals surface area contributed by atoms with Gasteiger partial charge in [-0.3, -0.25) is 4.98 Å². The van der Waals surface area contributed by atoms with Crippen molar-refractivity contribution < 1.29 is 9.90 Å². The molecule has 0 radical (unpaired) electrons. The van der Waals surface area contributed by atoms with Crippen LogP contribution < -0.4 is 10.6 Å². The maximum Gasteiger partial charge on any atom is 0.404 e. The van der Waals surface area contributed by atoms with E-state index in [9.17, 15) is 4.79 Å². The van der Waals surface area contributed by atoms with Gasteiger partial charge in [-0.2, -0.15) is 0 Å². The predicted molar refractivity (Wildman–Crippen MR) is 62.8 cm³/mol. The Bertz CT molecular complexity index is 359. The Kier molecular flexibility index (Phi) is 4.10. The van der Waals surface area contributed by atoms with E-state index in [1.807, 2.05) is 32.9 Å². The molecule has 0 aliphatic carbocycles. The predicted octanol–water partition coefficient (Wildman–Crippen LogP) is 1.77. The molecule has 1 unspecified atom stereocenters. The highest BCUT2D eigenvalue weighted by molar-refractivity contribution is 5.64. The SMILES string of the molecule is Cc1cc(NC(C)CNC(=O)O)cc(C)n1. The van der Waals surface area contributed by atoms with E-state index in [-0.39, 0.29) is 6.04 Å². The molecule has 0 saturated heterocycles. The number of amides is 1. The average molecular weight is 223 g/mol. The number of aryl methyl sites for hydroxylation is 2. The molecule has 1 heterocycles. The van der Waals surface area contributed by atoms with E-state index in [4.69, 9.17) is 5.11 Å². The molecule has 0 fully saturated rings. The number of carboxylic acid groups (broad SMARTS) is 1. The van der Waals surface area contributed by atoms with Crippen molar-refractivity contribution >= 4 is 11.8 Å². The lowest BCUT2D eigenvalue weighted by Gasteiger charge is -2.15. The lowest BCUT2D eigenvalue weighted by Crippen LogP contribution is -2.33. The summed E-state index contributed by atoms with van der Waals surface area (Å²) in [6.07, 6.45) is -1.00. The number of nitrogens with one attached hydrogen (secondary N) is 2. The van der Waals surface area contributed by atoms with Gasteiger partial charge in [-0.15, -0.1) is 0 Å². The summed E-state index contributed by atoms with van der Waals surface area (Å²) in [6, 6.07) is 3.91. The quantitative estimate of drug-likeness (QED) is 0.727. The number of aromatic nitrogens is 1. The van der Waals surface area contributed by atoms with Crippen LogP contribution in [0.15, 0.2) is 12.1 Å². The molecule has 1 aromatic heterocycles. The highest BCUT2D eigenvalue weighted by atomic mass is 16.4. The number of carbonyl (C=O) groups is 1. The second-order valence-electron chi connectivity index (χ2n) is 3.87. The van der Waals surface area contributed by atoms with E-state index in [1.165, 1.54) is 0 Å². The van der Waals surface area contributed by atoms with E-state index >= 15 is 0 Å². The first-order valence-electron chi connectivity index (χ1n) is 5.16. The number of pyridine rings is 1. The standard InChI is InChI=1S/C11H17N3O2/c1-7-4-10(5-8(2)13-7)14-9(3)6-12-11(15)16/h4-5,9,12H,6H2,1-3H3,(H,13,14)(H,15,16). The largest absolute Gasteiger partial charge is 0.465 e. The molecular formula is C11H17N3O2. The number of nitrogens with zero attached hydrogens (tertiary/aromatic N) is 1. The summed E-state index contributed by atoms with van der Waals surface area (Å²) in [5, 5.41) is 14.0. The summed E-state index contributed by atoms with van der Waals surface area (Å²) >= 11 is 0. The molecule has 0 bridgehead atoms. The molecule has 0 aromatic carbocycles. The molecule has 0 aliphatic rings. The first-order valence-corrected chi connectivity index (χ1v) is 5.16. The molecule has 1 atom stereocenters. The maximum absolute atomic E-state index is 10.3. The fraction of sp³-hybridized carbons (Fsp3) is 0.455. The molecule has 0 aliphatic heterocycles. The van der Waals surface area contributed by atoms with Crippen molar-refractivity contribution in [3.63, 3.8) is 0 Å². The third-order valence-electron chi connectivity index (χ3n) is 2.05. The van der Waals surface area contributed by atoms with E-state index in [2.05, 4.69) is 15.6 Å². The minimum Gasteiger partial charge on any atom is -0.465 e. The van der Waals surface area contributed by atoms with Gasteiger partial charge in [-0.05, 0) is 32.9 Å². The van der Waals surface area contributed by atoms with Crippen molar-refractivity contribution in [2.75, 3.05) is 11.9 Å². The van der Waals surface area contributed by atoms with Crippen LogP contribution in [-0.4, -0.2) is 28.8 Å². The molecule has 1 amide bonds. The Labute approximate surface area is 94.9 Å². The first kappa shape index (κ1) is 12.3. The van der Waals surface area contributed by atoms with Crippen LogP contribution in [0.5, 0.6) is 0 Å². The van der Waals surface area contributed by atoms with Crippen LogP contribution in [-0.2, 0) is 0 Å². The Balaban J connectivity index is 2.55. The van der Waals surface area contributed by atoms with Gasteiger partial charge >= 0.3 is 6.09 Å². The van der Waals surface area contributed by atoms with Gasteiger partial charge in [0.15, 0.2) is 0 Å². The van der Waals surface area contributed by atoms with E-state index in [0.717, 1.165) is 17.1 Å². The van der Waals surface area contributed by atoms with E-state index in [1.54, 1.807) is 0 Å². The topological polar surface area (TPSA) is 74.2 Å². The zero-order valence-corrected chi connectivity index (χ0v) is 9.74. The van der Waals surface area contributed by atoms with Crippen LogP contribution in [0.4, 0.5) is 10.5 Å². The molecule has 5 heteroatoms. The van der Waals surface area contributed by atoms with Crippen LogP contribution >= 0.6 is 0 Å².